The number of para-hydroxylation sites is 1. The molecule has 0 unspecified atom stereocenters. The quantitative estimate of drug-likeness (QED) is 0.765. The lowest BCUT2D eigenvalue weighted by Crippen LogP contribution is -2.07. The number of rotatable bonds is 7. The van der Waals surface area contributed by atoms with E-state index < -0.39 is 0 Å². The summed E-state index contributed by atoms with van der Waals surface area (Å²) < 4.78 is 5.71. The van der Waals surface area contributed by atoms with Crippen molar-refractivity contribution in [3.05, 3.63) is 28.8 Å². The highest BCUT2D eigenvalue weighted by Gasteiger charge is 2.07. The predicted octanol–water partition coefficient (Wildman–Crippen LogP) is 2.97. The van der Waals surface area contributed by atoms with Crippen molar-refractivity contribution in [2.24, 2.45) is 5.73 Å². The monoisotopic (exact) mass is 259 g/mol. The van der Waals surface area contributed by atoms with E-state index in [4.69, 9.17) is 22.1 Å². The van der Waals surface area contributed by atoms with Gasteiger partial charge in [-0.15, -0.1) is 0 Å². The number of benzene rings is 1. The second-order valence-corrected chi connectivity index (χ2v) is 5.11. The van der Waals surface area contributed by atoms with Gasteiger partial charge in [0.1, 0.15) is 5.75 Å². The van der Waals surface area contributed by atoms with E-state index >= 15 is 0 Å². The lowest BCUT2D eigenvalue weighted by Gasteiger charge is -2.12. The highest BCUT2D eigenvalue weighted by Crippen LogP contribution is 2.28. The summed E-state index contributed by atoms with van der Waals surface area (Å²) in [5.74, 6) is 2.90. The van der Waals surface area contributed by atoms with Gasteiger partial charge in [-0.3, -0.25) is 0 Å². The maximum Gasteiger partial charge on any atom is 0.141 e. The van der Waals surface area contributed by atoms with E-state index in [1.54, 1.807) is 0 Å². The molecule has 0 spiro atoms. The van der Waals surface area contributed by atoms with Gasteiger partial charge >= 0.3 is 0 Å². The molecule has 90 valence electrons. The Hall–Kier alpha value is -0.380. The Morgan fingerprint density at radius 1 is 1.44 bits per heavy atom. The van der Waals surface area contributed by atoms with Crippen LogP contribution in [-0.4, -0.2) is 24.7 Å². The lowest BCUT2D eigenvalue weighted by atomic mass is 10.1. The molecular formula is C12H18ClNOS. The first-order valence-electron chi connectivity index (χ1n) is 5.47. The molecule has 0 bridgehead atoms. The molecule has 0 radical (unpaired) electrons. The van der Waals surface area contributed by atoms with E-state index in [0.29, 0.717) is 18.2 Å². The Labute approximate surface area is 107 Å². The van der Waals surface area contributed by atoms with Crippen molar-refractivity contribution in [2.45, 2.75) is 13.3 Å². The first-order chi connectivity index (χ1) is 7.79. The third kappa shape index (κ3) is 4.24. The van der Waals surface area contributed by atoms with Crippen LogP contribution < -0.4 is 10.5 Å². The minimum atomic E-state index is 0.612. The Balaban J connectivity index is 2.61. The molecule has 0 amide bonds. The van der Waals surface area contributed by atoms with E-state index in [1.807, 2.05) is 30.0 Å². The van der Waals surface area contributed by atoms with Crippen LogP contribution in [0.25, 0.3) is 0 Å². The standard InChI is InChI=1S/C12H18ClNOS/c1-2-16-9-8-15-12-10(6-7-14)4-3-5-11(12)13/h3-5H,2,6-9,14H2,1H3. The van der Waals surface area contributed by atoms with Crippen LogP contribution in [0.4, 0.5) is 0 Å². The Morgan fingerprint density at radius 2 is 2.25 bits per heavy atom. The molecule has 16 heavy (non-hydrogen) atoms. The number of ether oxygens (including phenoxy) is 1. The van der Waals surface area contributed by atoms with Crippen molar-refractivity contribution in [2.75, 3.05) is 24.7 Å². The molecular weight excluding hydrogens is 242 g/mol. The first kappa shape index (κ1) is 13.7. The average Bonchev–Trinajstić information content (AvgIpc) is 2.28. The number of hydrogen-bond donors (Lipinski definition) is 1. The number of thioether (sulfide) groups is 1. The summed E-state index contributed by atoms with van der Waals surface area (Å²) in [4.78, 5) is 0. The Morgan fingerprint density at radius 3 is 2.94 bits per heavy atom. The van der Waals surface area contributed by atoms with Crippen LogP contribution in [0, 0.1) is 0 Å². The van der Waals surface area contributed by atoms with Crippen molar-refractivity contribution in [3.63, 3.8) is 0 Å². The normalized spacial score (nSPS) is 10.4. The zero-order valence-corrected chi connectivity index (χ0v) is 11.1. The maximum absolute atomic E-state index is 6.11. The molecule has 4 heteroatoms. The Kier molecular flexibility index (Phi) is 6.69. The van der Waals surface area contributed by atoms with Gasteiger partial charge in [0, 0.05) is 5.75 Å². The lowest BCUT2D eigenvalue weighted by molar-refractivity contribution is 0.340. The molecule has 0 fully saturated rings. The van der Waals surface area contributed by atoms with Gasteiger partial charge in [0.2, 0.25) is 0 Å². The molecule has 2 N–H and O–H groups in total. The van der Waals surface area contributed by atoms with Gasteiger partial charge < -0.3 is 10.5 Å². The fourth-order valence-electron chi connectivity index (χ4n) is 1.41. The van der Waals surface area contributed by atoms with E-state index in [2.05, 4.69) is 6.92 Å². The number of halogens is 1. The SMILES string of the molecule is CCSCCOc1c(Cl)cccc1CCN. The number of nitrogens with two attached hydrogens (primary N) is 1. The third-order valence-corrected chi connectivity index (χ3v) is 3.30. The highest BCUT2D eigenvalue weighted by molar-refractivity contribution is 7.99. The Bertz CT molecular complexity index is 320. The molecule has 0 aliphatic heterocycles. The minimum absolute atomic E-state index is 0.612. The molecule has 1 aromatic rings. The van der Waals surface area contributed by atoms with Crippen molar-refractivity contribution < 1.29 is 4.74 Å². The van der Waals surface area contributed by atoms with Crippen LogP contribution in [0.3, 0.4) is 0 Å². The largest absolute Gasteiger partial charge is 0.491 e. The summed E-state index contributed by atoms with van der Waals surface area (Å²) in [5.41, 5.74) is 6.65. The third-order valence-electron chi connectivity index (χ3n) is 2.14. The summed E-state index contributed by atoms with van der Waals surface area (Å²) in [6, 6.07) is 5.80. The van der Waals surface area contributed by atoms with E-state index in [9.17, 15) is 0 Å². The van der Waals surface area contributed by atoms with Gasteiger partial charge in [-0.2, -0.15) is 11.8 Å². The zero-order valence-electron chi connectivity index (χ0n) is 9.54. The second kappa shape index (κ2) is 7.82. The second-order valence-electron chi connectivity index (χ2n) is 3.31. The summed E-state index contributed by atoms with van der Waals surface area (Å²) in [7, 11) is 0. The van der Waals surface area contributed by atoms with Crippen LogP contribution in [0.15, 0.2) is 18.2 Å². The smallest absolute Gasteiger partial charge is 0.141 e. The molecule has 2 nitrogen and oxygen atoms in total. The van der Waals surface area contributed by atoms with Crippen LogP contribution in [0.2, 0.25) is 5.02 Å². The zero-order chi connectivity index (χ0) is 11.8. The van der Waals surface area contributed by atoms with Crippen molar-refractivity contribution in [3.8, 4) is 5.75 Å². The van der Waals surface area contributed by atoms with Gasteiger partial charge in [-0.05, 0) is 30.3 Å². The fourth-order valence-corrected chi connectivity index (χ4v) is 2.15. The fraction of sp³-hybridized carbons (Fsp3) is 0.500. The molecule has 1 aromatic carbocycles. The molecule has 0 atom stereocenters. The van der Waals surface area contributed by atoms with Gasteiger partial charge in [0.05, 0.1) is 11.6 Å². The van der Waals surface area contributed by atoms with Gasteiger partial charge in [-0.25, -0.2) is 0 Å². The first-order valence-corrected chi connectivity index (χ1v) is 7.00. The summed E-state index contributed by atoms with van der Waals surface area (Å²) >= 11 is 7.96. The van der Waals surface area contributed by atoms with E-state index in [0.717, 1.165) is 29.2 Å². The minimum Gasteiger partial charge on any atom is -0.491 e. The maximum atomic E-state index is 6.11. The molecule has 0 aliphatic rings. The van der Waals surface area contributed by atoms with Crippen molar-refractivity contribution in [1.82, 2.24) is 0 Å². The molecule has 0 aromatic heterocycles. The molecule has 1 rings (SSSR count). The van der Waals surface area contributed by atoms with E-state index in [-0.39, 0.29) is 0 Å². The predicted molar refractivity (Wildman–Crippen MR) is 72.7 cm³/mol. The van der Waals surface area contributed by atoms with Gasteiger partial charge in [0.15, 0.2) is 0 Å². The highest BCUT2D eigenvalue weighted by atomic mass is 35.5. The van der Waals surface area contributed by atoms with Gasteiger partial charge in [0.25, 0.3) is 0 Å². The van der Waals surface area contributed by atoms with Crippen molar-refractivity contribution >= 4 is 23.4 Å². The van der Waals surface area contributed by atoms with Crippen molar-refractivity contribution in [1.29, 1.82) is 0 Å². The summed E-state index contributed by atoms with van der Waals surface area (Å²) in [5, 5.41) is 0.674. The summed E-state index contributed by atoms with van der Waals surface area (Å²) in [6.07, 6.45) is 0.802. The van der Waals surface area contributed by atoms with Crippen LogP contribution in [-0.2, 0) is 6.42 Å². The topological polar surface area (TPSA) is 35.2 Å². The molecule has 0 heterocycles. The molecule has 0 saturated heterocycles. The van der Waals surface area contributed by atoms with Crippen LogP contribution in [0.1, 0.15) is 12.5 Å². The van der Waals surface area contributed by atoms with Crippen LogP contribution >= 0.6 is 23.4 Å². The average molecular weight is 260 g/mol. The van der Waals surface area contributed by atoms with Crippen LogP contribution in [0.5, 0.6) is 5.75 Å². The molecule has 0 aliphatic carbocycles. The molecule has 0 saturated carbocycles. The summed E-state index contributed by atoms with van der Waals surface area (Å²) in [6.45, 7) is 3.44. The van der Waals surface area contributed by atoms with E-state index in [1.165, 1.54) is 0 Å². The number of hydrogen-bond acceptors (Lipinski definition) is 3. The van der Waals surface area contributed by atoms with Gasteiger partial charge in [-0.1, -0.05) is 30.7 Å².